The van der Waals surface area contributed by atoms with Crippen LogP contribution in [-0.2, 0) is 25.7 Å². The zero-order valence-corrected chi connectivity index (χ0v) is 20.3. The Morgan fingerprint density at radius 2 is 1.76 bits per heavy atom. The summed E-state index contributed by atoms with van der Waals surface area (Å²) in [6.45, 7) is 1.58. The number of halogens is 4. The first-order chi connectivity index (χ1) is 17.9. The molecular formula is C25H25F4N3O6. The van der Waals surface area contributed by atoms with Crippen molar-refractivity contribution in [3.8, 4) is 5.75 Å². The summed E-state index contributed by atoms with van der Waals surface area (Å²) in [4.78, 5) is 51.9. The summed E-state index contributed by atoms with van der Waals surface area (Å²) < 4.78 is 58.8. The van der Waals surface area contributed by atoms with Crippen molar-refractivity contribution >= 4 is 23.6 Å². The molecule has 1 atom stereocenters. The molecule has 9 nitrogen and oxygen atoms in total. The molecular weight excluding hydrogens is 514 g/mol. The molecule has 2 amide bonds. The van der Waals surface area contributed by atoms with Crippen LogP contribution in [0.15, 0.2) is 30.3 Å². The topological polar surface area (TPSA) is 116 Å². The summed E-state index contributed by atoms with van der Waals surface area (Å²) >= 11 is 0. The van der Waals surface area contributed by atoms with Gasteiger partial charge < -0.3 is 20.1 Å². The van der Waals surface area contributed by atoms with Crippen LogP contribution in [0.1, 0.15) is 17.5 Å². The Bertz CT molecular complexity index is 1220. The molecule has 1 aliphatic heterocycles. The average Bonchev–Trinajstić information content (AvgIpc) is 2.83. The van der Waals surface area contributed by atoms with Crippen LogP contribution in [0.4, 0.5) is 17.6 Å². The van der Waals surface area contributed by atoms with Gasteiger partial charge in [-0.3, -0.25) is 24.1 Å². The van der Waals surface area contributed by atoms with E-state index in [0.29, 0.717) is 13.1 Å². The maximum Gasteiger partial charge on any atom is 0.305 e. The Labute approximate surface area is 215 Å². The Hall–Kier alpha value is -4.00. The van der Waals surface area contributed by atoms with Crippen LogP contribution in [0.2, 0.25) is 0 Å². The van der Waals surface area contributed by atoms with E-state index in [4.69, 9.17) is 5.11 Å². The standard InChI is InChI=1S/C25H25F4N3O6/c1-14-3-2-4-15(7-14)10-31-5-6-32(21(35)12-31)11-20(34)30-18(9-22(36)37)19(33)13-38-25-23(28)16(26)8-17(27)24(25)29/h2-4,7-8,18H,5-6,9-13H2,1H3,(H,30,34)(H,36,37)/t18-/m0/s1. The molecule has 2 aromatic carbocycles. The molecule has 1 heterocycles. The first-order valence-electron chi connectivity index (χ1n) is 11.5. The predicted octanol–water partition coefficient (Wildman–Crippen LogP) is 1.80. The number of carbonyl (C=O) groups is 4. The Morgan fingerprint density at radius 1 is 1.08 bits per heavy atom. The fourth-order valence-electron chi connectivity index (χ4n) is 3.88. The van der Waals surface area contributed by atoms with Gasteiger partial charge in [-0.1, -0.05) is 29.8 Å². The summed E-state index contributed by atoms with van der Waals surface area (Å²) in [6, 6.07) is 6.07. The van der Waals surface area contributed by atoms with Crippen molar-refractivity contribution < 1.29 is 46.6 Å². The lowest BCUT2D eigenvalue weighted by molar-refractivity contribution is -0.143. The number of amides is 2. The summed E-state index contributed by atoms with van der Waals surface area (Å²) in [5, 5.41) is 11.3. The number of carbonyl (C=O) groups excluding carboxylic acids is 3. The molecule has 0 aromatic heterocycles. The Balaban J connectivity index is 1.56. The fourth-order valence-corrected chi connectivity index (χ4v) is 3.88. The van der Waals surface area contributed by atoms with E-state index in [2.05, 4.69) is 10.1 Å². The van der Waals surface area contributed by atoms with E-state index in [0.717, 1.165) is 11.1 Å². The van der Waals surface area contributed by atoms with Gasteiger partial charge in [-0.25, -0.2) is 8.78 Å². The number of nitrogens with zero attached hydrogens (tertiary/aromatic N) is 2. The van der Waals surface area contributed by atoms with Crippen LogP contribution in [0, 0.1) is 30.2 Å². The molecule has 1 saturated heterocycles. The van der Waals surface area contributed by atoms with Crippen molar-refractivity contribution in [1.29, 1.82) is 0 Å². The maximum absolute atomic E-state index is 13.8. The van der Waals surface area contributed by atoms with Gasteiger partial charge in [-0.05, 0) is 12.5 Å². The normalized spacial score (nSPS) is 14.8. The zero-order chi connectivity index (χ0) is 28.0. The summed E-state index contributed by atoms with van der Waals surface area (Å²) in [7, 11) is 0. The Kier molecular flexibility index (Phi) is 9.40. The van der Waals surface area contributed by atoms with Gasteiger partial charge in [0, 0.05) is 25.7 Å². The number of piperazine rings is 1. The van der Waals surface area contributed by atoms with Gasteiger partial charge in [0.1, 0.15) is 12.6 Å². The van der Waals surface area contributed by atoms with E-state index in [1.165, 1.54) is 4.90 Å². The average molecular weight is 539 g/mol. The van der Waals surface area contributed by atoms with E-state index in [-0.39, 0.29) is 25.1 Å². The number of hydrogen-bond donors (Lipinski definition) is 2. The van der Waals surface area contributed by atoms with Crippen LogP contribution in [0.5, 0.6) is 5.75 Å². The summed E-state index contributed by atoms with van der Waals surface area (Å²) in [5.74, 6) is -12.6. The number of benzene rings is 2. The molecule has 0 bridgehead atoms. The molecule has 204 valence electrons. The summed E-state index contributed by atoms with van der Waals surface area (Å²) in [6.07, 6.45) is -0.908. The lowest BCUT2D eigenvalue weighted by Gasteiger charge is -2.34. The van der Waals surface area contributed by atoms with Crippen molar-refractivity contribution in [3.05, 3.63) is 64.7 Å². The second-order valence-electron chi connectivity index (χ2n) is 8.79. The molecule has 2 N–H and O–H groups in total. The van der Waals surface area contributed by atoms with Gasteiger partial charge in [-0.15, -0.1) is 0 Å². The van der Waals surface area contributed by atoms with Gasteiger partial charge in [0.15, 0.2) is 23.2 Å². The third-order valence-corrected chi connectivity index (χ3v) is 5.75. The molecule has 0 radical (unpaired) electrons. The highest BCUT2D eigenvalue weighted by Gasteiger charge is 2.29. The molecule has 0 spiro atoms. The van der Waals surface area contributed by atoms with Crippen molar-refractivity contribution in [3.63, 3.8) is 0 Å². The molecule has 0 saturated carbocycles. The third kappa shape index (κ3) is 7.51. The van der Waals surface area contributed by atoms with E-state index < -0.39 is 72.3 Å². The molecule has 0 unspecified atom stereocenters. The lowest BCUT2D eigenvalue weighted by Crippen LogP contribution is -2.54. The Morgan fingerprint density at radius 3 is 2.37 bits per heavy atom. The molecule has 3 rings (SSSR count). The highest BCUT2D eigenvalue weighted by Crippen LogP contribution is 2.26. The van der Waals surface area contributed by atoms with E-state index in [1.807, 2.05) is 36.1 Å². The van der Waals surface area contributed by atoms with Crippen molar-refractivity contribution in [1.82, 2.24) is 15.1 Å². The minimum absolute atomic E-state index is 0.0451. The van der Waals surface area contributed by atoms with Crippen molar-refractivity contribution in [2.24, 2.45) is 0 Å². The van der Waals surface area contributed by atoms with Gasteiger partial charge in [0.2, 0.25) is 23.4 Å². The van der Waals surface area contributed by atoms with Crippen LogP contribution >= 0.6 is 0 Å². The molecule has 0 aliphatic carbocycles. The highest BCUT2D eigenvalue weighted by atomic mass is 19.2. The fraction of sp³-hybridized carbons (Fsp3) is 0.360. The number of aryl methyl sites for hydroxylation is 1. The number of nitrogens with one attached hydrogen (secondary N) is 1. The second kappa shape index (κ2) is 12.5. The molecule has 1 fully saturated rings. The number of rotatable bonds is 11. The predicted molar refractivity (Wildman–Crippen MR) is 124 cm³/mol. The van der Waals surface area contributed by atoms with Gasteiger partial charge >= 0.3 is 5.97 Å². The smallest absolute Gasteiger partial charge is 0.305 e. The monoisotopic (exact) mass is 539 g/mol. The first-order valence-corrected chi connectivity index (χ1v) is 11.5. The van der Waals surface area contributed by atoms with Crippen LogP contribution in [0.3, 0.4) is 0 Å². The van der Waals surface area contributed by atoms with Gasteiger partial charge in [-0.2, -0.15) is 8.78 Å². The third-order valence-electron chi connectivity index (χ3n) is 5.75. The van der Waals surface area contributed by atoms with E-state index in [1.54, 1.807) is 0 Å². The molecule has 1 aliphatic rings. The first kappa shape index (κ1) is 28.6. The SMILES string of the molecule is Cc1cccc(CN2CCN(CC(=O)N[C@@H](CC(=O)O)C(=O)COc3c(F)c(F)cc(F)c3F)C(=O)C2)c1. The van der Waals surface area contributed by atoms with E-state index in [9.17, 15) is 36.7 Å². The van der Waals surface area contributed by atoms with Gasteiger partial charge in [0.25, 0.3) is 0 Å². The highest BCUT2D eigenvalue weighted by molar-refractivity contribution is 5.94. The minimum Gasteiger partial charge on any atom is -0.481 e. The van der Waals surface area contributed by atoms with Gasteiger partial charge in [0.05, 0.1) is 19.5 Å². The largest absolute Gasteiger partial charge is 0.481 e. The summed E-state index contributed by atoms with van der Waals surface area (Å²) in [5.41, 5.74) is 2.11. The van der Waals surface area contributed by atoms with Crippen molar-refractivity contribution in [2.45, 2.75) is 25.9 Å². The molecule has 38 heavy (non-hydrogen) atoms. The number of carboxylic acid groups (broad SMARTS) is 1. The maximum atomic E-state index is 13.8. The van der Waals surface area contributed by atoms with Crippen molar-refractivity contribution in [2.75, 3.05) is 32.8 Å². The zero-order valence-electron chi connectivity index (χ0n) is 20.3. The number of Topliss-reactive ketones (excluding diaryl/α,β-unsaturated/α-hetero) is 1. The van der Waals surface area contributed by atoms with Crippen LogP contribution < -0.4 is 10.1 Å². The number of aliphatic carboxylic acids is 1. The number of carboxylic acids is 1. The molecule has 2 aromatic rings. The number of ketones is 1. The van der Waals surface area contributed by atoms with Crippen LogP contribution in [-0.4, -0.2) is 77.3 Å². The van der Waals surface area contributed by atoms with E-state index >= 15 is 0 Å². The minimum atomic E-state index is -1.88. The number of ether oxygens (including phenoxy) is 1. The van der Waals surface area contributed by atoms with Crippen LogP contribution in [0.25, 0.3) is 0 Å². The second-order valence-corrected chi connectivity index (χ2v) is 8.79. The lowest BCUT2D eigenvalue weighted by atomic mass is 10.1. The number of hydrogen-bond acceptors (Lipinski definition) is 6. The molecule has 13 heteroatoms. The quantitative estimate of drug-likeness (QED) is 0.331.